The second kappa shape index (κ2) is 5.30. The van der Waals surface area contributed by atoms with Gasteiger partial charge in [-0.1, -0.05) is 12.8 Å². The summed E-state index contributed by atoms with van der Waals surface area (Å²) in [4.78, 5) is 36.4. The molecule has 18 heavy (non-hydrogen) atoms. The van der Waals surface area contributed by atoms with E-state index in [0.29, 0.717) is 12.8 Å². The Morgan fingerprint density at radius 3 is 2.22 bits per heavy atom. The van der Waals surface area contributed by atoms with Crippen molar-refractivity contribution in [3.05, 3.63) is 0 Å². The Labute approximate surface area is 110 Å². The van der Waals surface area contributed by atoms with Gasteiger partial charge in [0, 0.05) is 5.75 Å². The third-order valence-electron chi connectivity index (χ3n) is 3.78. The summed E-state index contributed by atoms with van der Waals surface area (Å²) in [5.41, 5.74) is 0. The molecule has 0 unspecified atom stereocenters. The number of likely N-dealkylation sites (tertiary alicyclic amines) is 1. The lowest BCUT2D eigenvalue weighted by Gasteiger charge is -2.26. The molecule has 2 fully saturated rings. The fourth-order valence-corrected chi connectivity index (χ4v) is 3.50. The van der Waals surface area contributed by atoms with Crippen molar-refractivity contribution in [1.29, 1.82) is 0 Å². The molecule has 5 nitrogen and oxygen atoms in total. The molecule has 2 aliphatic rings. The largest absolute Gasteiger partial charge is 0.548 e. The molecule has 100 valence electrons. The number of hydrogen-bond acceptors (Lipinski definition) is 5. The lowest BCUT2D eigenvalue weighted by atomic mass is 9.81. The molecule has 2 rings (SSSR count). The molecular formula is C12H16NO4S-. The standard InChI is InChI=1S/C12H17NO4S/c1-18-6-9(12(16)17)13-10(14)7-4-2-3-5-8(7)11(13)15/h7-9H,2-6H2,1H3,(H,16,17)/p-1/t7-,8+,9-/m0/s1. The Hall–Kier alpha value is -1.04. The van der Waals surface area contributed by atoms with Gasteiger partial charge >= 0.3 is 0 Å². The molecule has 1 saturated carbocycles. The average Bonchev–Trinajstić information content (AvgIpc) is 2.60. The van der Waals surface area contributed by atoms with Crippen LogP contribution >= 0.6 is 11.8 Å². The molecule has 0 radical (unpaired) electrons. The number of carbonyl (C=O) groups excluding carboxylic acids is 3. The maximum Gasteiger partial charge on any atom is 0.233 e. The molecule has 0 spiro atoms. The van der Waals surface area contributed by atoms with Gasteiger partial charge in [0.15, 0.2) is 0 Å². The highest BCUT2D eigenvalue weighted by atomic mass is 32.2. The first-order valence-electron chi connectivity index (χ1n) is 6.14. The molecule has 3 atom stereocenters. The van der Waals surface area contributed by atoms with Crippen LogP contribution in [0.1, 0.15) is 25.7 Å². The van der Waals surface area contributed by atoms with Crippen molar-refractivity contribution in [3.63, 3.8) is 0 Å². The van der Waals surface area contributed by atoms with E-state index in [0.717, 1.165) is 17.7 Å². The number of carbonyl (C=O) groups is 3. The zero-order valence-electron chi connectivity index (χ0n) is 10.3. The van der Waals surface area contributed by atoms with Crippen molar-refractivity contribution in [1.82, 2.24) is 4.90 Å². The third-order valence-corrected chi connectivity index (χ3v) is 4.43. The number of hydrogen-bond donors (Lipinski definition) is 0. The zero-order chi connectivity index (χ0) is 13.3. The number of imide groups is 1. The van der Waals surface area contributed by atoms with Crippen LogP contribution in [0.25, 0.3) is 0 Å². The van der Waals surface area contributed by atoms with Gasteiger partial charge in [-0.05, 0) is 19.1 Å². The Morgan fingerprint density at radius 1 is 1.33 bits per heavy atom. The highest BCUT2D eigenvalue weighted by molar-refractivity contribution is 7.98. The molecule has 1 aliphatic heterocycles. The minimum absolute atomic E-state index is 0.194. The van der Waals surface area contributed by atoms with Gasteiger partial charge in [0.2, 0.25) is 11.8 Å². The highest BCUT2D eigenvalue weighted by Gasteiger charge is 2.50. The van der Waals surface area contributed by atoms with Crippen molar-refractivity contribution in [2.75, 3.05) is 12.0 Å². The summed E-state index contributed by atoms with van der Waals surface area (Å²) in [6.45, 7) is 0. The van der Waals surface area contributed by atoms with Crippen LogP contribution in [0, 0.1) is 11.8 Å². The Morgan fingerprint density at radius 2 is 1.83 bits per heavy atom. The highest BCUT2D eigenvalue weighted by Crippen LogP contribution is 2.39. The maximum absolute atomic E-state index is 12.2. The maximum atomic E-state index is 12.2. The first kappa shape index (κ1) is 13.4. The smallest absolute Gasteiger partial charge is 0.233 e. The lowest BCUT2D eigenvalue weighted by molar-refractivity contribution is -0.310. The first-order valence-corrected chi connectivity index (χ1v) is 7.54. The van der Waals surface area contributed by atoms with E-state index in [4.69, 9.17) is 0 Å². The summed E-state index contributed by atoms with van der Waals surface area (Å²) >= 11 is 1.30. The molecule has 0 aromatic carbocycles. The molecule has 1 aliphatic carbocycles. The third kappa shape index (κ3) is 2.13. The summed E-state index contributed by atoms with van der Waals surface area (Å²) in [5.74, 6) is -2.37. The minimum atomic E-state index is -1.34. The van der Waals surface area contributed by atoms with E-state index in [1.54, 1.807) is 6.26 Å². The van der Waals surface area contributed by atoms with Gasteiger partial charge < -0.3 is 9.90 Å². The molecule has 2 amide bonds. The number of carboxylic acid groups (broad SMARTS) is 1. The van der Waals surface area contributed by atoms with Crippen LogP contribution in [0.5, 0.6) is 0 Å². The number of amides is 2. The molecule has 1 saturated heterocycles. The van der Waals surface area contributed by atoms with E-state index in [1.807, 2.05) is 0 Å². The van der Waals surface area contributed by atoms with Gasteiger partial charge in [-0.15, -0.1) is 0 Å². The van der Waals surface area contributed by atoms with Crippen molar-refractivity contribution in [2.45, 2.75) is 31.7 Å². The summed E-state index contributed by atoms with van der Waals surface area (Å²) in [6, 6.07) is -1.12. The molecule has 1 heterocycles. The molecule has 0 bridgehead atoms. The van der Waals surface area contributed by atoms with E-state index < -0.39 is 12.0 Å². The van der Waals surface area contributed by atoms with Crippen molar-refractivity contribution in [2.24, 2.45) is 11.8 Å². The number of carboxylic acids is 1. The van der Waals surface area contributed by atoms with Crippen molar-refractivity contribution in [3.8, 4) is 0 Å². The number of thioether (sulfide) groups is 1. The van der Waals surface area contributed by atoms with E-state index in [9.17, 15) is 19.5 Å². The van der Waals surface area contributed by atoms with E-state index >= 15 is 0 Å². The van der Waals surface area contributed by atoms with Crippen LogP contribution < -0.4 is 5.11 Å². The fourth-order valence-electron chi connectivity index (χ4n) is 2.90. The van der Waals surface area contributed by atoms with E-state index in [-0.39, 0.29) is 29.4 Å². The zero-order valence-corrected chi connectivity index (χ0v) is 11.1. The van der Waals surface area contributed by atoms with Gasteiger partial charge in [0.1, 0.15) is 0 Å². The second-order valence-corrected chi connectivity index (χ2v) is 5.74. The number of nitrogens with zero attached hydrogens (tertiary/aromatic N) is 1. The van der Waals surface area contributed by atoms with Crippen molar-refractivity contribution < 1.29 is 19.5 Å². The SMILES string of the molecule is CSC[C@@H](C(=O)[O-])N1C(=O)[C@H]2CCCC[C@H]2C1=O. The van der Waals surface area contributed by atoms with Gasteiger partial charge in [-0.2, -0.15) is 11.8 Å². The Kier molecular flexibility index (Phi) is 3.94. The minimum Gasteiger partial charge on any atom is -0.548 e. The first-order chi connectivity index (χ1) is 8.57. The van der Waals surface area contributed by atoms with Gasteiger partial charge in [0.05, 0.1) is 23.8 Å². The molecule has 0 N–H and O–H groups in total. The van der Waals surface area contributed by atoms with Crippen molar-refractivity contribution >= 4 is 29.5 Å². The second-order valence-electron chi connectivity index (χ2n) is 4.83. The predicted molar refractivity (Wildman–Crippen MR) is 64.5 cm³/mol. The van der Waals surface area contributed by atoms with E-state index in [2.05, 4.69) is 0 Å². The van der Waals surface area contributed by atoms with Gasteiger partial charge in [-0.3, -0.25) is 14.5 Å². The summed E-state index contributed by atoms with van der Waals surface area (Å²) in [6.07, 6.45) is 5.02. The Balaban J connectivity index is 2.24. The quantitative estimate of drug-likeness (QED) is 0.652. The number of aliphatic carboxylic acids is 1. The lowest BCUT2D eigenvalue weighted by Crippen LogP contribution is -2.52. The van der Waals surface area contributed by atoms with Crippen LogP contribution in [0.4, 0.5) is 0 Å². The summed E-state index contributed by atoms with van der Waals surface area (Å²) in [7, 11) is 0. The van der Waals surface area contributed by atoms with E-state index in [1.165, 1.54) is 11.8 Å². The normalized spacial score (nSPS) is 29.3. The monoisotopic (exact) mass is 270 g/mol. The van der Waals surface area contributed by atoms with Crippen LogP contribution in [0.15, 0.2) is 0 Å². The summed E-state index contributed by atoms with van der Waals surface area (Å²) in [5, 5.41) is 11.1. The molecule has 0 aromatic rings. The van der Waals surface area contributed by atoms with Gasteiger partial charge in [0.25, 0.3) is 0 Å². The van der Waals surface area contributed by atoms with Gasteiger partial charge in [-0.25, -0.2) is 0 Å². The van der Waals surface area contributed by atoms with Crippen LogP contribution in [0.2, 0.25) is 0 Å². The Bertz CT molecular complexity index is 360. The van der Waals surface area contributed by atoms with Crippen LogP contribution in [-0.2, 0) is 14.4 Å². The van der Waals surface area contributed by atoms with Crippen LogP contribution in [0.3, 0.4) is 0 Å². The average molecular weight is 270 g/mol. The number of fused-ring (bicyclic) bond motifs is 1. The van der Waals surface area contributed by atoms with Crippen LogP contribution in [-0.4, -0.2) is 40.7 Å². The fraction of sp³-hybridized carbons (Fsp3) is 0.750. The molecule has 0 aromatic heterocycles. The molecule has 6 heteroatoms. The number of rotatable bonds is 4. The topological polar surface area (TPSA) is 77.5 Å². The summed E-state index contributed by atoms with van der Waals surface area (Å²) < 4.78 is 0. The molecular weight excluding hydrogens is 254 g/mol. The predicted octanol–water partition coefficient (Wildman–Crippen LogP) is -0.357.